The second kappa shape index (κ2) is 7.99. The van der Waals surface area contributed by atoms with Gasteiger partial charge >= 0.3 is 0 Å². The smallest absolute Gasteiger partial charge is 0.293 e. The van der Waals surface area contributed by atoms with Gasteiger partial charge in [0.2, 0.25) is 5.91 Å². The molecule has 0 radical (unpaired) electrons. The van der Waals surface area contributed by atoms with Crippen molar-refractivity contribution in [2.24, 2.45) is 5.92 Å². The topological polar surface area (TPSA) is 62.6 Å². The molecule has 1 aromatic carbocycles. The number of carbonyl (C=O) groups is 2. The SMILES string of the molecule is O=C(CCC1CCCCC1)Nc1ccc2c(c1)N(C(=O)c1ccco1)CC2. The van der Waals surface area contributed by atoms with Crippen LogP contribution in [0.25, 0.3) is 0 Å². The van der Waals surface area contributed by atoms with Gasteiger partial charge in [0.05, 0.1) is 6.26 Å². The molecule has 5 heteroatoms. The van der Waals surface area contributed by atoms with Crippen molar-refractivity contribution in [3.8, 4) is 0 Å². The lowest BCUT2D eigenvalue weighted by atomic mass is 9.86. The Labute approximate surface area is 159 Å². The lowest BCUT2D eigenvalue weighted by Crippen LogP contribution is -2.28. The fourth-order valence-electron chi connectivity index (χ4n) is 4.24. The third kappa shape index (κ3) is 4.07. The molecule has 2 aromatic rings. The summed E-state index contributed by atoms with van der Waals surface area (Å²) in [5, 5.41) is 3.01. The molecule has 142 valence electrons. The molecule has 2 amide bonds. The van der Waals surface area contributed by atoms with Gasteiger partial charge in [0.25, 0.3) is 5.91 Å². The highest BCUT2D eigenvalue weighted by atomic mass is 16.3. The minimum atomic E-state index is -0.139. The van der Waals surface area contributed by atoms with Gasteiger partial charge in [-0.25, -0.2) is 0 Å². The highest BCUT2D eigenvalue weighted by Crippen LogP contribution is 2.32. The molecule has 2 aliphatic rings. The first-order chi connectivity index (χ1) is 13.2. The Morgan fingerprint density at radius 1 is 1.15 bits per heavy atom. The molecule has 1 aromatic heterocycles. The van der Waals surface area contributed by atoms with E-state index in [1.165, 1.54) is 38.4 Å². The van der Waals surface area contributed by atoms with E-state index in [4.69, 9.17) is 4.42 Å². The van der Waals surface area contributed by atoms with Gasteiger partial charge in [0, 0.05) is 24.3 Å². The molecule has 1 fully saturated rings. The van der Waals surface area contributed by atoms with Gasteiger partial charge in [-0.05, 0) is 48.6 Å². The van der Waals surface area contributed by atoms with Crippen LogP contribution in [-0.4, -0.2) is 18.4 Å². The number of amides is 2. The molecule has 1 saturated carbocycles. The molecular weight excluding hydrogens is 340 g/mol. The van der Waals surface area contributed by atoms with Crippen molar-refractivity contribution in [3.63, 3.8) is 0 Å². The van der Waals surface area contributed by atoms with Crippen molar-refractivity contribution in [2.75, 3.05) is 16.8 Å². The molecule has 0 spiro atoms. The normalized spacial score (nSPS) is 17.0. The number of nitrogens with zero attached hydrogens (tertiary/aromatic N) is 1. The Balaban J connectivity index is 1.39. The van der Waals surface area contributed by atoms with E-state index in [1.807, 2.05) is 18.2 Å². The Kier molecular flexibility index (Phi) is 5.28. The average molecular weight is 366 g/mol. The summed E-state index contributed by atoms with van der Waals surface area (Å²) in [4.78, 5) is 26.7. The molecule has 0 unspecified atom stereocenters. The molecule has 0 saturated heterocycles. The van der Waals surface area contributed by atoms with Crippen LogP contribution in [0.3, 0.4) is 0 Å². The zero-order valence-corrected chi connectivity index (χ0v) is 15.6. The summed E-state index contributed by atoms with van der Waals surface area (Å²) >= 11 is 0. The van der Waals surface area contributed by atoms with E-state index in [0.717, 1.165) is 29.8 Å². The molecule has 0 bridgehead atoms. The number of hydrogen-bond acceptors (Lipinski definition) is 3. The van der Waals surface area contributed by atoms with Crippen molar-refractivity contribution < 1.29 is 14.0 Å². The summed E-state index contributed by atoms with van der Waals surface area (Å²) < 4.78 is 5.25. The third-order valence-corrected chi connectivity index (χ3v) is 5.75. The van der Waals surface area contributed by atoms with Crippen molar-refractivity contribution in [3.05, 3.63) is 47.9 Å². The van der Waals surface area contributed by atoms with Gasteiger partial charge in [-0.1, -0.05) is 38.2 Å². The third-order valence-electron chi connectivity index (χ3n) is 5.75. The molecule has 4 rings (SSSR count). The maximum absolute atomic E-state index is 12.6. The Morgan fingerprint density at radius 3 is 2.78 bits per heavy atom. The first-order valence-corrected chi connectivity index (χ1v) is 9.99. The quantitative estimate of drug-likeness (QED) is 0.828. The second-order valence-electron chi connectivity index (χ2n) is 7.62. The first kappa shape index (κ1) is 17.8. The Bertz CT molecular complexity index is 807. The predicted molar refractivity (Wildman–Crippen MR) is 105 cm³/mol. The van der Waals surface area contributed by atoms with Crippen LogP contribution in [0.1, 0.15) is 61.1 Å². The number of benzene rings is 1. The van der Waals surface area contributed by atoms with E-state index < -0.39 is 0 Å². The van der Waals surface area contributed by atoms with Crippen LogP contribution in [0.15, 0.2) is 41.0 Å². The lowest BCUT2D eigenvalue weighted by Gasteiger charge is -2.21. The van der Waals surface area contributed by atoms with Crippen molar-refractivity contribution in [1.29, 1.82) is 0 Å². The van der Waals surface area contributed by atoms with Crippen LogP contribution in [0.2, 0.25) is 0 Å². The zero-order valence-electron chi connectivity index (χ0n) is 15.6. The highest BCUT2D eigenvalue weighted by Gasteiger charge is 2.27. The van der Waals surface area contributed by atoms with E-state index in [-0.39, 0.29) is 11.8 Å². The fraction of sp³-hybridized carbons (Fsp3) is 0.455. The zero-order chi connectivity index (χ0) is 18.6. The van der Waals surface area contributed by atoms with Crippen molar-refractivity contribution in [1.82, 2.24) is 0 Å². The summed E-state index contributed by atoms with van der Waals surface area (Å²) in [5.74, 6) is 0.956. The molecule has 0 atom stereocenters. The first-order valence-electron chi connectivity index (χ1n) is 9.99. The molecule has 1 aliphatic carbocycles. The van der Waals surface area contributed by atoms with Crippen LogP contribution in [-0.2, 0) is 11.2 Å². The molecule has 27 heavy (non-hydrogen) atoms. The van der Waals surface area contributed by atoms with E-state index in [2.05, 4.69) is 5.32 Å². The van der Waals surface area contributed by atoms with Gasteiger partial charge in [-0.2, -0.15) is 0 Å². The summed E-state index contributed by atoms with van der Waals surface area (Å²) in [6.07, 6.45) is 10.3. The monoisotopic (exact) mass is 366 g/mol. The maximum Gasteiger partial charge on any atom is 0.293 e. The van der Waals surface area contributed by atoms with E-state index in [0.29, 0.717) is 24.6 Å². The largest absolute Gasteiger partial charge is 0.459 e. The highest BCUT2D eigenvalue weighted by molar-refractivity contribution is 6.06. The maximum atomic E-state index is 12.6. The van der Waals surface area contributed by atoms with Gasteiger partial charge in [-0.15, -0.1) is 0 Å². The number of nitrogens with one attached hydrogen (secondary N) is 1. The fourth-order valence-corrected chi connectivity index (χ4v) is 4.24. The summed E-state index contributed by atoms with van der Waals surface area (Å²) in [7, 11) is 0. The Hall–Kier alpha value is -2.56. The van der Waals surface area contributed by atoms with Gasteiger partial charge in [0.15, 0.2) is 5.76 Å². The summed E-state index contributed by atoms with van der Waals surface area (Å²) in [5.41, 5.74) is 2.73. The summed E-state index contributed by atoms with van der Waals surface area (Å²) in [6, 6.07) is 9.23. The minimum absolute atomic E-state index is 0.0578. The van der Waals surface area contributed by atoms with E-state index in [1.54, 1.807) is 17.0 Å². The predicted octanol–water partition coefficient (Wildman–Crippen LogP) is 4.78. The molecule has 5 nitrogen and oxygen atoms in total. The van der Waals surface area contributed by atoms with E-state index >= 15 is 0 Å². The molecule has 2 heterocycles. The number of rotatable bonds is 5. The van der Waals surface area contributed by atoms with Gasteiger partial charge in [0.1, 0.15) is 0 Å². The Morgan fingerprint density at radius 2 is 2.00 bits per heavy atom. The van der Waals surface area contributed by atoms with Crippen LogP contribution >= 0.6 is 0 Å². The number of fused-ring (bicyclic) bond motifs is 1. The number of anilines is 2. The molecule has 1 aliphatic heterocycles. The number of carbonyl (C=O) groups excluding carboxylic acids is 2. The van der Waals surface area contributed by atoms with Gasteiger partial charge in [-0.3, -0.25) is 9.59 Å². The van der Waals surface area contributed by atoms with Gasteiger partial charge < -0.3 is 14.6 Å². The summed E-state index contributed by atoms with van der Waals surface area (Å²) in [6.45, 7) is 0.633. The van der Waals surface area contributed by atoms with Crippen LogP contribution in [0.5, 0.6) is 0 Å². The second-order valence-corrected chi connectivity index (χ2v) is 7.62. The van der Waals surface area contributed by atoms with Crippen molar-refractivity contribution >= 4 is 23.2 Å². The van der Waals surface area contributed by atoms with Crippen LogP contribution in [0, 0.1) is 5.92 Å². The molecule has 1 N–H and O–H groups in total. The van der Waals surface area contributed by atoms with Crippen LogP contribution < -0.4 is 10.2 Å². The average Bonchev–Trinajstić information content (AvgIpc) is 3.36. The number of hydrogen-bond donors (Lipinski definition) is 1. The minimum Gasteiger partial charge on any atom is -0.459 e. The van der Waals surface area contributed by atoms with E-state index in [9.17, 15) is 9.59 Å². The van der Waals surface area contributed by atoms with Crippen molar-refractivity contribution in [2.45, 2.75) is 51.4 Å². The lowest BCUT2D eigenvalue weighted by molar-refractivity contribution is -0.116. The molecular formula is C22H26N2O3. The van der Waals surface area contributed by atoms with Crippen LogP contribution in [0.4, 0.5) is 11.4 Å². The standard InChI is InChI=1S/C22H26N2O3/c25-21(11-8-16-5-2-1-3-6-16)23-18-10-9-17-12-13-24(19(17)15-18)22(26)20-7-4-14-27-20/h4,7,9-10,14-16H,1-3,5-6,8,11-13H2,(H,23,25). The number of furan rings is 1.